The Morgan fingerprint density at radius 3 is 2.57 bits per heavy atom. The fourth-order valence-corrected chi connectivity index (χ4v) is 2.92. The quantitative estimate of drug-likeness (QED) is 0.475. The highest BCUT2D eigenvalue weighted by Gasteiger charge is 2.17. The number of carbonyl (C=O) groups excluding carboxylic acids is 2. The van der Waals surface area contributed by atoms with Crippen LogP contribution in [0.1, 0.15) is 23.9 Å². The van der Waals surface area contributed by atoms with Gasteiger partial charge in [-0.2, -0.15) is 5.10 Å². The summed E-state index contributed by atoms with van der Waals surface area (Å²) in [6.07, 6.45) is 3.35. The number of aromatic nitrogens is 3. The zero-order valence-electron chi connectivity index (χ0n) is 16.8. The van der Waals surface area contributed by atoms with Gasteiger partial charge in [-0.3, -0.25) is 4.79 Å². The average Bonchev–Trinajstić information content (AvgIpc) is 3.02. The molecule has 8 heteroatoms. The number of pyridine rings is 1. The molecule has 154 valence electrons. The van der Waals surface area contributed by atoms with Crippen molar-refractivity contribution in [2.75, 3.05) is 5.32 Å². The van der Waals surface area contributed by atoms with E-state index in [1.165, 1.54) is 19.2 Å². The Labute approximate surface area is 179 Å². The van der Waals surface area contributed by atoms with E-state index in [-0.39, 0.29) is 0 Å². The largest absolute Gasteiger partial charge is 0.449 e. The molecular formula is C22H21ClN4O3. The molecule has 2 aromatic heterocycles. The van der Waals surface area contributed by atoms with Gasteiger partial charge < -0.3 is 10.1 Å². The summed E-state index contributed by atoms with van der Waals surface area (Å²) in [7, 11) is 0. The lowest BCUT2D eigenvalue weighted by Gasteiger charge is -2.11. The van der Waals surface area contributed by atoms with E-state index in [1.807, 2.05) is 48.9 Å². The molecule has 3 rings (SSSR count). The Morgan fingerprint density at radius 2 is 1.90 bits per heavy atom. The molecule has 0 radical (unpaired) electrons. The zero-order chi connectivity index (χ0) is 21.7. The monoisotopic (exact) mass is 424 g/mol. The van der Waals surface area contributed by atoms with Gasteiger partial charge in [0.05, 0.1) is 16.4 Å². The Morgan fingerprint density at radius 1 is 1.17 bits per heavy atom. The number of carbonyl (C=O) groups is 2. The van der Waals surface area contributed by atoms with Gasteiger partial charge >= 0.3 is 5.97 Å². The van der Waals surface area contributed by atoms with Crippen LogP contribution < -0.4 is 5.32 Å². The number of para-hydroxylation sites is 1. The number of halogens is 1. The molecule has 0 aliphatic rings. The highest BCUT2D eigenvalue weighted by atomic mass is 35.5. The number of benzene rings is 1. The fraction of sp³-hybridized carbons (Fsp3) is 0.182. The van der Waals surface area contributed by atoms with E-state index in [0.717, 1.165) is 22.6 Å². The van der Waals surface area contributed by atoms with Crippen LogP contribution in [0.2, 0.25) is 5.02 Å². The molecule has 30 heavy (non-hydrogen) atoms. The van der Waals surface area contributed by atoms with Gasteiger partial charge in [-0.15, -0.1) is 0 Å². The minimum atomic E-state index is -0.992. The SMILES string of the molecule is Cc1nn(-c2ccccc2)c(C)c1/C=C/C(=O)OC(C)C(=O)Nc1ccc(Cl)cn1. The van der Waals surface area contributed by atoms with Crippen LogP contribution in [0.4, 0.5) is 5.82 Å². The lowest BCUT2D eigenvalue weighted by molar-refractivity contribution is -0.148. The molecule has 1 amide bonds. The molecular weight excluding hydrogens is 404 g/mol. The Balaban J connectivity index is 1.64. The maximum atomic E-state index is 12.2. The number of anilines is 1. The van der Waals surface area contributed by atoms with Crippen LogP contribution in [0.5, 0.6) is 0 Å². The summed E-state index contributed by atoms with van der Waals surface area (Å²) in [5.41, 5.74) is 3.42. The van der Waals surface area contributed by atoms with E-state index in [2.05, 4.69) is 15.4 Å². The van der Waals surface area contributed by atoms with Crippen LogP contribution in [0.15, 0.2) is 54.7 Å². The van der Waals surface area contributed by atoms with Crippen molar-refractivity contribution in [1.82, 2.24) is 14.8 Å². The summed E-state index contributed by atoms with van der Waals surface area (Å²) in [4.78, 5) is 28.3. The number of aryl methyl sites for hydroxylation is 1. The molecule has 0 spiro atoms. The third kappa shape index (κ3) is 5.12. The van der Waals surface area contributed by atoms with E-state index < -0.39 is 18.0 Å². The van der Waals surface area contributed by atoms with Crippen molar-refractivity contribution < 1.29 is 14.3 Å². The standard InChI is InChI=1S/C22H21ClN4O3/c1-14-19(15(2)27(26-14)18-7-5-4-6-8-18)10-12-21(28)30-16(3)22(29)25-20-11-9-17(23)13-24-20/h4-13,16H,1-3H3,(H,24,25,29)/b12-10+. The third-order valence-electron chi connectivity index (χ3n) is 4.37. The number of ether oxygens (including phenoxy) is 1. The van der Waals surface area contributed by atoms with Crippen LogP contribution in [-0.4, -0.2) is 32.7 Å². The van der Waals surface area contributed by atoms with Crippen molar-refractivity contribution in [3.05, 3.63) is 76.7 Å². The molecule has 1 atom stereocenters. The number of hydrogen-bond acceptors (Lipinski definition) is 5. The molecule has 0 aliphatic carbocycles. The maximum Gasteiger partial charge on any atom is 0.331 e. The Bertz CT molecular complexity index is 1080. The lowest BCUT2D eigenvalue weighted by Crippen LogP contribution is -2.29. The molecule has 1 N–H and O–H groups in total. The average molecular weight is 425 g/mol. The molecule has 3 aromatic rings. The zero-order valence-corrected chi connectivity index (χ0v) is 17.6. The van der Waals surface area contributed by atoms with Gasteiger partial charge in [-0.1, -0.05) is 29.8 Å². The summed E-state index contributed by atoms with van der Waals surface area (Å²) in [6.45, 7) is 5.28. The first-order valence-electron chi connectivity index (χ1n) is 9.28. The Hall–Kier alpha value is -3.45. The molecule has 7 nitrogen and oxygen atoms in total. The highest BCUT2D eigenvalue weighted by Crippen LogP contribution is 2.19. The van der Waals surface area contributed by atoms with Crippen molar-refractivity contribution in [2.45, 2.75) is 26.9 Å². The van der Waals surface area contributed by atoms with E-state index in [9.17, 15) is 9.59 Å². The van der Waals surface area contributed by atoms with Crippen LogP contribution in [-0.2, 0) is 14.3 Å². The maximum absolute atomic E-state index is 12.2. The summed E-state index contributed by atoms with van der Waals surface area (Å²) in [6, 6.07) is 12.9. The second kappa shape index (κ2) is 9.37. The van der Waals surface area contributed by atoms with Crippen molar-refractivity contribution in [1.29, 1.82) is 0 Å². The molecule has 1 unspecified atom stereocenters. The van der Waals surface area contributed by atoms with Crippen molar-refractivity contribution in [2.24, 2.45) is 0 Å². The Kier molecular flexibility index (Phi) is 6.64. The summed E-state index contributed by atoms with van der Waals surface area (Å²) in [5, 5.41) is 7.56. The first-order valence-corrected chi connectivity index (χ1v) is 9.65. The van der Waals surface area contributed by atoms with Crippen LogP contribution in [0.25, 0.3) is 11.8 Å². The number of rotatable bonds is 6. The summed E-state index contributed by atoms with van der Waals surface area (Å²) in [5.74, 6) is -0.800. The topological polar surface area (TPSA) is 86.1 Å². The second-order valence-corrected chi connectivity index (χ2v) is 7.03. The molecule has 2 heterocycles. The number of esters is 1. The van der Waals surface area contributed by atoms with Gasteiger partial charge in [-0.05, 0) is 51.1 Å². The van der Waals surface area contributed by atoms with E-state index in [4.69, 9.17) is 16.3 Å². The number of nitrogens with one attached hydrogen (secondary N) is 1. The third-order valence-corrected chi connectivity index (χ3v) is 4.60. The van der Waals surface area contributed by atoms with Crippen molar-refractivity contribution in [3.8, 4) is 5.69 Å². The van der Waals surface area contributed by atoms with Gasteiger partial charge in [-0.25, -0.2) is 14.5 Å². The van der Waals surface area contributed by atoms with Gasteiger partial charge in [0.15, 0.2) is 6.10 Å². The molecule has 0 saturated carbocycles. The number of nitrogens with zero attached hydrogens (tertiary/aromatic N) is 3. The van der Waals surface area contributed by atoms with Crippen molar-refractivity contribution >= 4 is 35.4 Å². The summed E-state index contributed by atoms with van der Waals surface area (Å²) < 4.78 is 7.00. The molecule has 0 aliphatic heterocycles. The van der Waals surface area contributed by atoms with Crippen LogP contribution in [0.3, 0.4) is 0 Å². The second-order valence-electron chi connectivity index (χ2n) is 6.60. The molecule has 0 saturated heterocycles. The van der Waals surface area contributed by atoms with Crippen LogP contribution >= 0.6 is 11.6 Å². The molecule has 0 fully saturated rings. The minimum absolute atomic E-state index is 0.322. The first-order chi connectivity index (χ1) is 14.3. The predicted octanol–water partition coefficient (Wildman–Crippen LogP) is 4.12. The fourth-order valence-electron chi connectivity index (χ4n) is 2.81. The summed E-state index contributed by atoms with van der Waals surface area (Å²) >= 11 is 5.77. The van der Waals surface area contributed by atoms with Gasteiger partial charge in [0, 0.05) is 23.5 Å². The van der Waals surface area contributed by atoms with Crippen LogP contribution in [0, 0.1) is 13.8 Å². The number of hydrogen-bond donors (Lipinski definition) is 1. The van der Waals surface area contributed by atoms with Gasteiger partial charge in [0.25, 0.3) is 5.91 Å². The first kappa shape index (κ1) is 21.3. The van der Waals surface area contributed by atoms with E-state index in [1.54, 1.807) is 18.2 Å². The molecule has 1 aromatic carbocycles. The normalized spacial score (nSPS) is 12.0. The smallest absolute Gasteiger partial charge is 0.331 e. The lowest BCUT2D eigenvalue weighted by atomic mass is 10.2. The highest BCUT2D eigenvalue weighted by molar-refractivity contribution is 6.30. The minimum Gasteiger partial charge on any atom is -0.449 e. The number of amides is 1. The predicted molar refractivity (Wildman–Crippen MR) is 116 cm³/mol. The van der Waals surface area contributed by atoms with Crippen molar-refractivity contribution in [3.63, 3.8) is 0 Å². The van der Waals surface area contributed by atoms with E-state index in [0.29, 0.717) is 10.8 Å². The van der Waals surface area contributed by atoms with Gasteiger partial charge in [0.1, 0.15) is 5.82 Å². The molecule has 0 bridgehead atoms. The van der Waals surface area contributed by atoms with Gasteiger partial charge in [0.2, 0.25) is 0 Å². The van der Waals surface area contributed by atoms with E-state index >= 15 is 0 Å².